The summed E-state index contributed by atoms with van der Waals surface area (Å²) in [5, 5.41) is 0. The number of alkyl halides is 3. The number of aromatic nitrogens is 3. The van der Waals surface area contributed by atoms with Crippen molar-refractivity contribution < 1.29 is 31.1 Å². The summed E-state index contributed by atoms with van der Waals surface area (Å²) in [6.45, 7) is 1.85. The summed E-state index contributed by atoms with van der Waals surface area (Å²) in [4.78, 5) is 14.2. The third-order valence-corrected chi connectivity index (χ3v) is 8.38. The summed E-state index contributed by atoms with van der Waals surface area (Å²) in [5.41, 5.74) is 0.809. The molecule has 0 amide bonds. The van der Waals surface area contributed by atoms with Crippen molar-refractivity contribution in [2.45, 2.75) is 61.4 Å². The average Bonchev–Trinajstić information content (AvgIpc) is 3.44. The third-order valence-electron chi connectivity index (χ3n) is 7.04. The number of pyridine rings is 1. The van der Waals surface area contributed by atoms with Crippen LogP contribution in [0.2, 0.25) is 0 Å². The van der Waals surface area contributed by atoms with Crippen LogP contribution in [0.3, 0.4) is 0 Å². The topological polar surface area (TPSA) is 107 Å². The maximum atomic E-state index is 12.7. The molecular weight excluding hydrogens is 535 g/mol. The fraction of sp³-hybridized carbons (Fsp3) is 0.423. The summed E-state index contributed by atoms with van der Waals surface area (Å²) in [7, 11) is -3.89. The van der Waals surface area contributed by atoms with Crippen LogP contribution < -0.4 is 14.2 Å². The molecule has 0 radical (unpaired) electrons. The van der Waals surface area contributed by atoms with Gasteiger partial charge in [0.2, 0.25) is 5.88 Å². The molecule has 1 N–H and O–H groups in total. The van der Waals surface area contributed by atoms with E-state index in [1.807, 2.05) is 6.07 Å². The molecule has 3 unspecified atom stereocenters. The van der Waals surface area contributed by atoms with E-state index in [0.29, 0.717) is 12.3 Å². The lowest BCUT2D eigenvalue weighted by Crippen LogP contribution is -2.48. The maximum absolute atomic E-state index is 12.7. The molecule has 9 nitrogen and oxygen atoms in total. The Kier molecular flexibility index (Phi) is 7.89. The van der Waals surface area contributed by atoms with E-state index in [9.17, 15) is 21.6 Å². The Balaban J connectivity index is 1.28. The Labute approximate surface area is 224 Å². The maximum Gasteiger partial charge on any atom is 0.573 e. The van der Waals surface area contributed by atoms with Gasteiger partial charge in [0.1, 0.15) is 28.9 Å². The molecule has 2 fully saturated rings. The van der Waals surface area contributed by atoms with Gasteiger partial charge >= 0.3 is 6.36 Å². The predicted molar refractivity (Wildman–Crippen MR) is 136 cm³/mol. The predicted octanol–water partition coefficient (Wildman–Crippen LogP) is 4.75. The molecule has 1 aromatic carbocycles. The van der Waals surface area contributed by atoms with Crippen LogP contribution in [0.25, 0.3) is 0 Å². The molecule has 2 aliphatic rings. The third kappa shape index (κ3) is 6.95. The minimum atomic E-state index is -4.74. The molecule has 3 heterocycles. The number of sulfonamides is 1. The molecular formula is C26H28F3N5O4S. The summed E-state index contributed by atoms with van der Waals surface area (Å²) < 4.78 is 76.3. The highest BCUT2D eigenvalue weighted by Crippen LogP contribution is 2.39. The van der Waals surface area contributed by atoms with Gasteiger partial charge in [0, 0.05) is 18.3 Å². The Morgan fingerprint density at radius 2 is 1.85 bits per heavy atom. The number of benzene rings is 1. The van der Waals surface area contributed by atoms with Crippen molar-refractivity contribution >= 4 is 15.8 Å². The first-order valence-electron chi connectivity index (χ1n) is 12.7. The van der Waals surface area contributed by atoms with E-state index >= 15 is 0 Å². The SMILES string of the molecule is O=S(=O)(Nc1ccncn1)c1ccc(OC2CCC(c3cccc(OC(F)(F)F)c3)CC2N2CCCC2)nc1. The number of ether oxygens (including phenoxy) is 2. The average molecular weight is 564 g/mol. The highest BCUT2D eigenvalue weighted by molar-refractivity contribution is 7.92. The largest absolute Gasteiger partial charge is 0.573 e. The van der Waals surface area contributed by atoms with Crippen LogP contribution in [0, 0.1) is 0 Å². The number of likely N-dealkylation sites (tertiary alicyclic amines) is 1. The van der Waals surface area contributed by atoms with Crippen LogP contribution in [0.5, 0.6) is 11.6 Å². The van der Waals surface area contributed by atoms with Crippen molar-refractivity contribution in [1.29, 1.82) is 0 Å². The first-order valence-corrected chi connectivity index (χ1v) is 14.2. The molecule has 1 saturated carbocycles. The number of hydrogen-bond donors (Lipinski definition) is 1. The van der Waals surface area contributed by atoms with Crippen LogP contribution in [-0.4, -0.2) is 59.9 Å². The first kappa shape index (κ1) is 27.1. The van der Waals surface area contributed by atoms with Crippen molar-refractivity contribution in [3.63, 3.8) is 0 Å². The number of nitrogens with one attached hydrogen (secondary N) is 1. The Morgan fingerprint density at radius 1 is 1.03 bits per heavy atom. The standard InChI is InChI=1S/C26H28F3N5O4S/c27-26(28,29)38-20-5-3-4-18(14-20)19-6-8-23(22(15-19)34-12-1-2-13-34)37-25-9-7-21(16-31-25)39(35,36)33-24-10-11-30-17-32-24/h3-5,7,9-11,14,16-17,19,22-23H,1-2,6,8,12-13,15H2,(H,30,32,33). The van der Waals surface area contributed by atoms with Gasteiger partial charge in [-0.15, -0.1) is 13.2 Å². The molecule has 0 spiro atoms. The second kappa shape index (κ2) is 11.3. The minimum Gasteiger partial charge on any atom is -0.473 e. The van der Waals surface area contributed by atoms with Crippen LogP contribution in [0.1, 0.15) is 43.6 Å². The Morgan fingerprint density at radius 3 is 2.54 bits per heavy atom. The summed E-state index contributed by atoms with van der Waals surface area (Å²) in [6, 6.07) is 10.6. The highest BCUT2D eigenvalue weighted by Gasteiger charge is 2.38. The van der Waals surface area contributed by atoms with Crippen molar-refractivity contribution in [3.05, 3.63) is 66.7 Å². The van der Waals surface area contributed by atoms with Gasteiger partial charge in [0.05, 0.1) is 6.20 Å². The lowest BCUT2D eigenvalue weighted by molar-refractivity contribution is -0.274. The van der Waals surface area contributed by atoms with Crippen molar-refractivity contribution in [1.82, 2.24) is 19.9 Å². The van der Waals surface area contributed by atoms with Crippen molar-refractivity contribution in [3.8, 4) is 11.6 Å². The van der Waals surface area contributed by atoms with E-state index in [1.54, 1.807) is 6.07 Å². The van der Waals surface area contributed by atoms with E-state index in [2.05, 4.69) is 29.3 Å². The number of rotatable bonds is 8. The van der Waals surface area contributed by atoms with Crippen LogP contribution in [-0.2, 0) is 10.0 Å². The molecule has 3 atom stereocenters. The van der Waals surface area contributed by atoms with E-state index in [0.717, 1.165) is 44.3 Å². The molecule has 13 heteroatoms. The first-order chi connectivity index (χ1) is 18.7. The fourth-order valence-corrected chi connectivity index (χ4v) is 6.23. The van der Waals surface area contributed by atoms with Crippen molar-refractivity contribution in [2.24, 2.45) is 0 Å². The number of hydrogen-bond acceptors (Lipinski definition) is 8. The molecule has 39 heavy (non-hydrogen) atoms. The van der Waals surface area contributed by atoms with Crippen LogP contribution in [0.4, 0.5) is 19.0 Å². The summed E-state index contributed by atoms with van der Waals surface area (Å²) in [6.07, 6.45) is 3.24. The molecule has 2 aromatic heterocycles. The van der Waals surface area contributed by atoms with E-state index < -0.39 is 16.4 Å². The zero-order valence-corrected chi connectivity index (χ0v) is 21.7. The lowest BCUT2D eigenvalue weighted by Gasteiger charge is -2.41. The van der Waals surface area contributed by atoms with Crippen molar-refractivity contribution in [2.75, 3.05) is 17.8 Å². The quantitative estimate of drug-likeness (QED) is 0.419. The van der Waals surface area contributed by atoms with Gasteiger partial charge in [-0.3, -0.25) is 9.62 Å². The van der Waals surface area contributed by atoms with Gasteiger partial charge in [-0.05, 0) is 80.9 Å². The molecule has 208 valence electrons. The molecule has 3 aromatic rings. The molecule has 1 aliphatic heterocycles. The van der Waals surface area contributed by atoms with Crippen LogP contribution >= 0.6 is 0 Å². The fourth-order valence-electron chi connectivity index (χ4n) is 5.28. The van der Waals surface area contributed by atoms with Crippen LogP contribution in [0.15, 0.2) is 66.1 Å². The molecule has 0 bridgehead atoms. The number of anilines is 1. The van der Waals surface area contributed by atoms with Gasteiger partial charge in [-0.2, -0.15) is 0 Å². The van der Waals surface area contributed by atoms with E-state index in [4.69, 9.17) is 4.74 Å². The molecule has 5 rings (SSSR count). The van der Waals surface area contributed by atoms with E-state index in [-0.39, 0.29) is 34.5 Å². The molecule has 1 aliphatic carbocycles. The summed E-state index contributed by atoms with van der Waals surface area (Å²) >= 11 is 0. The zero-order chi connectivity index (χ0) is 27.5. The van der Waals surface area contributed by atoms with Gasteiger partial charge in [-0.25, -0.2) is 23.4 Å². The lowest BCUT2D eigenvalue weighted by atomic mass is 9.79. The van der Waals surface area contributed by atoms with E-state index in [1.165, 1.54) is 49.1 Å². The number of halogens is 3. The highest BCUT2D eigenvalue weighted by atomic mass is 32.2. The van der Waals surface area contributed by atoms with Gasteiger partial charge in [-0.1, -0.05) is 12.1 Å². The van der Waals surface area contributed by atoms with Gasteiger partial charge in [0.25, 0.3) is 10.0 Å². The summed E-state index contributed by atoms with van der Waals surface area (Å²) in [5.74, 6) is 0.292. The monoisotopic (exact) mass is 563 g/mol. The van der Waals surface area contributed by atoms with Gasteiger partial charge < -0.3 is 9.47 Å². The number of nitrogens with zero attached hydrogens (tertiary/aromatic N) is 4. The Bertz CT molecular complexity index is 1350. The Hall–Kier alpha value is -3.45. The second-order valence-corrected chi connectivity index (χ2v) is 11.3. The van der Waals surface area contributed by atoms with Gasteiger partial charge in [0.15, 0.2) is 0 Å². The second-order valence-electron chi connectivity index (χ2n) is 9.63. The normalized spacial score (nSPS) is 22.4. The smallest absolute Gasteiger partial charge is 0.473 e. The zero-order valence-electron chi connectivity index (χ0n) is 20.9. The molecule has 1 saturated heterocycles. The minimum absolute atomic E-state index is 0.0331.